The largest absolute Gasteiger partial charge is 0.298 e. The summed E-state index contributed by atoms with van der Waals surface area (Å²) in [5, 5.41) is 15.6. The minimum absolute atomic E-state index is 0.127. The van der Waals surface area contributed by atoms with Crippen LogP contribution in [0, 0.1) is 11.3 Å². The van der Waals surface area contributed by atoms with Gasteiger partial charge in [0.2, 0.25) is 0 Å². The maximum Gasteiger partial charge on any atom is 0.115 e. The van der Waals surface area contributed by atoms with Gasteiger partial charge in [-0.05, 0) is 50.5 Å². The molecule has 2 aromatic heterocycles. The Morgan fingerprint density at radius 1 is 0.939 bits per heavy atom. The molecule has 0 saturated heterocycles. The lowest BCUT2D eigenvalue weighted by Crippen LogP contribution is -2.45. The van der Waals surface area contributed by atoms with E-state index < -0.39 is 0 Å². The van der Waals surface area contributed by atoms with Gasteiger partial charge in [-0.15, -0.1) is 0 Å². The Labute approximate surface area is 196 Å². The molecule has 2 unspecified atom stereocenters. The number of aromatic nitrogens is 3. The number of nitrogens with zero attached hydrogens (tertiary/aromatic N) is 3. The number of pyridine rings is 1. The van der Waals surface area contributed by atoms with Crippen molar-refractivity contribution in [1.29, 1.82) is 0 Å². The van der Waals surface area contributed by atoms with Gasteiger partial charge in [0.25, 0.3) is 0 Å². The van der Waals surface area contributed by atoms with E-state index in [0.29, 0.717) is 5.92 Å². The topological polar surface area (TPSA) is 66.0 Å². The molecule has 5 heteroatoms. The van der Waals surface area contributed by atoms with E-state index >= 15 is 0 Å². The van der Waals surface area contributed by atoms with E-state index in [1.54, 1.807) is 0 Å². The highest BCUT2D eigenvalue weighted by Crippen LogP contribution is 2.48. The molecule has 33 heavy (non-hydrogen) atoms. The average molecular weight is 442 g/mol. The normalized spacial score (nSPS) is 27.5. The number of hydrogen-bond acceptors (Lipinski definition) is 4. The Hall–Kier alpha value is -2.69. The molecule has 3 aliphatic rings. The molecule has 172 valence electrons. The maximum atomic E-state index is 5.37. The van der Waals surface area contributed by atoms with Gasteiger partial charge in [-0.2, -0.15) is 10.2 Å². The summed E-state index contributed by atoms with van der Waals surface area (Å²) in [5.74, 6) is 0.370. The van der Waals surface area contributed by atoms with E-state index in [9.17, 15) is 0 Å². The molecule has 5 nitrogen and oxygen atoms in total. The first kappa shape index (κ1) is 20.9. The van der Waals surface area contributed by atoms with Crippen molar-refractivity contribution in [3.8, 4) is 11.4 Å². The van der Waals surface area contributed by atoms with Crippen molar-refractivity contribution in [3.05, 3.63) is 47.3 Å². The van der Waals surface area contributed by atoms with Gasteiger partial charge in [0, 0.05) is 39.1 Å². The molecule has 0 radical (unpaired) electrons. The van der Waals surface area contributed by atoms with Crippen molar-refractivity contribution in [2.75, 3.05) is 0 Å². The average Bonchev–Trinajstić information content (AvgIpc) is 3.37. The fourth-order valence-corrected chi connectivity index (χ4v) is 6.61. The first-order valence-corrected chi connectivity index (χ1v) is 12.5. The number of H-pyrrole nitrogens is 1. The highest BCUT2D eigenvalue weighted by atomic mass is 15.4. The number of aromatic amines is 1. The van der Waals surface area contributed by atoms with Crippen molar-refractivity contribution < 1.29 is 0 Å². The van der Waals surface area contributed by atoms with Crippen LogP contribution in [0.25, 0.3) is 22.2 Å². The minimum atomic E-state index is -0.304. The van der Waals surface area contributed by atoms with Crippen LogP contribution < -0.4 is 5.43 Å². The van der Waals surface area contributed by atoms with E-state index in [2.05, 4.69) is 75.5 Å². The SMILES string of the molecule is CC1(C)CCCC2C1=NNC2(C)c1cc2ccccc2c(-c2n[nH]c3c2CCCC3(C)C)n1. The van der Waals surface area contributed by atoms with Gasteiger partial charge in [-0.1, -0.05) is 58.4 Å². The van der Waals surface area contributed by atoms with Crippen LogP contribution >= 0.6 is 0 Å². The van der Waals surface area contributed by atoms with E-state index in [-0.39, 0.29) is 16.4 Å². The summed E-state index contributed by atoms with van der Waals surface area (Å²) in [5.41, 5.74) is 10.6. The first-order valence-electron chi connectivity index (χ1n) is 12.5. The lowest BCUT2D eigenvalue weighted by molar-refractivity contribution is 0.262. The van der Waals surface area contributed by atoms with Crippen LogP contribution in [0.5, 0.6) is 0 Å². The molecule has 2 aliphatic carbocycles. The molecule has 3 heterocycles. The fourth-order valence-electron chi connectivity index (χ4n) is 6.61. The van der Waals surface area contributed by atoms with Gasteiger partial charge in [-0.25, -0.2) is 4.98 Å². The van der Waals surface area contributed by atoms with Crippen LogP contribution in [0.1, 0.15) is 83.7 Å². The zero-order chi connectivity index (χ0) is 23.0. The molecule has 3 aromatic rings. The number of rotatable bonds is 2. The molecule has 1 aromatic carbocycles. The quantitative estimate of drug-likeness (QED) is 0.495. The van der Waals surface area contributed by atoms with Crippen molar-refractivity contribution in [2.24, 2.45) is 16.4 Å². The van der Waals surface area contributed by atoms with E-state index in [1.807, 2.05) is 0 Å². The van der Waals surface area contributed by atoms with Crippen LogP contribution in [0.3, 0.4) is 0 Å². The highest BCUT2D eigenvalue weighted by molar-refractivity contribution is 5.97. The smallest absolute Gasteiger partial charge is 0.115 e. The lowest BCUT2D eigenvalue weighted by atomic mass is 9.64. The van der Waals surface area contributed by atoms with Crippen LogP contribution in [-0.2, 0) is 17.4 Å². The molecule has 2 N–H and O–H groups in total. The van der Waals surface area contributed by atoms with Gasteiger partial charge >= 0.3 is 0 Å². The molecule has 0 amide bonds. The Morgan fingerprint density at radius 2 is 1.73 bits per heavy atom. The van der Waals surface area contributed by atoms with Gasteiger partial charge in [0.15, 0.2) is 0 Å². The second-order valence-electron chi connectivity index (χ2n) is 11.9. The molecule has 0 bridgehead atoms. The highest BCUT2D eigenvalue weighted by Gasteiger charge is 2.50. The summed E-state index contributed by atoms with van der Waals surface area (Å²) < 4.78 is 0. The van der Waals surface area contributed by atoms with E-state index in [1.165, 1.54) is 53.4 Å². The number of nitrogens with one attached hydrogen (secondary N) is 2. The first-order chi connectivity index (χ1) is 15.7. The summed E-state index contributed by atoms with van der Waals surface area (Å²) in [6.07, 6.45) is 7.03. The van der Waals surface area contributed by atoms with Crippen molar-refractivity contribution in [1.82, 2.24) is 20.6 Å². The Morgan fingerprint density at radius 3 is 2.58 bits per heavy atom. The third kappa shape index (κ3) is 3.00. The molecule has 0 spiro atoms. The summed E-state index contributed by atoms with van der Waals surface area (Å²) >= 11 is 0. The van der Waals surface area contributed by atoms with Crippen LogP contribution in [0.4, 0.5) is 0 Å². The van der Waals surface area contributed by atoms with Crippen molar-refractivity contribution in [3.63, 3.8) is 0 Å². The third-order valence-corrected chi connectivity index (χ3v) is 8.69. The number of hydrazone groups is 1. The minimum Gasteiger partial charge on any atom is -0.298 e. The van der Waals surface area contributed by atoms with E-state index in [0.717, 1.165) is 29.9 Å². The predicted molar refractivity (Wildman–Crippen MR) is 134 cm³/mol. The molecule has 1 saturated carbocycles. The monoisotopic (exact) mass is 441 g/mol. The standard InChI is InChI=1S/C28H35N5/c1-26(2)14-8-12-19-23(30-31-24(19)26)22-18-11-7-6-10-17(18)16-21(29-22)28(5)20-13-9-15-27(3,4)25(20)32-33-28/h6-7,10-11,16,20,33H,8-9,12-15H2,1-5H3,(H,30,31). The summed E-state index contributed by atoms with van der Waals surface area (Å²) in [7, 11) is 0. The second-order valence-corrected chi connectivity index (χ2v) is 11.9. The maximum absolute atomic E-state index is 5.37. The molecule has 6 rings (SSSR count). The van der Waals surface area contributed by atoms with Gasteiger partial charge in [0.1, 0.15) is 11.2 Å². The summed E-state index contributed by atoms with van der Waals surface area (Å²) in [6, 6.07) is 10.9. The third-order valence-electron chi connectivity index (χ3n) is 8.69. The summed E-state index contributed by atoms with van der Waals surface area (Å²) in [4.78, 5) is 5.37. The van der Waals surface area contributed by atoms with E-state index in [4.69, 9.17) is 15.2 Å². The van der Waals surface area contributed by atoms with Gasteiger partial charge in [-0.3, -0.25) is 10.5 Å². The second kappa shape index (κ2) is 6.91. The fraction of sp³-hybridized carbons (Fsp3) is 0.536. The molecular formula is C28H35N5. The van der Waals surface area contributed by atoms with Crippen LogP contribution in [0.2, 0.25) is 0 Å². The Kier molecular flexibility index (Phi) is 4.37. The van der Waals surface area contributed by atoms with Gasteiger partial charge < -0.3 is 0 Å². The molecule has 1 fully saturated rings. The molecule has 1 aliphatic heterocycles. The van der Waals surface area contributed by atoms with Crippen LogP contribution in [0.15, 0.2) is 35.4 Å². The number of hydrogen-bond donors (Lipinski definition) is 2. The lowest BCUT2D eigenvalue weighted by Gasteiger charge is -2.39. The van der Waals surface area contributed by atoms with Crippen molar-refractivity contribution in [2.45, 2.75) is 84.1 Å². The molecule has 2 atom stereocenters. The van der Waals surface area contributed by atoms with Gasteiger partial charge in [0.05, 0.1) is 11.4 Å². The Bertz CT molecular complexity index is 1280. The Balaban J connectivity index is 1.53. The number of benzene rings is 1. The zero-order valence-corrected chi connectivity index (χ0v) is 20.5. The predicted octanol–water partition coefficient (Wildman–Crippen LogP) is 6.24. The van der Waals surface area contributed by atoms with Crippen LogP contribution in [-0.4, -0.2) is 20.9 Å². The number of fused-ring (bicyclic) bond motifs is 3. The zero-order valence-electron chi connectivity index (χ0n) is 20.5. The van der Waals surface area contributed by atoms with Crippen molar-refractivity contribution >= 4 is 16.5 Å². The summed E-state index contributed by atoms with van der Waals surface area (Å²) in [6.45, 7) is 11.6. The molecular weight excluding hydrogens is 406 g/mol.